The SMILES string of the molecule is CC(O)C(NC(=O)c1cccc2c1OCCN2)C(=O)O. The lowest BCUT2D eigenvalue weighted by Crippen LogP contribution is -2.47. The van der Waals surface area contributed by atoms with Crippen LogP contribution in [0.1, 0.15) is 17.3 Å². The van der Waals surface area contributed by atoms with E-state index in [1.165, 1.54) is 6.92 Å². The van der Waals surface area contributed by atoms with Crippen molar-refractivity contribution in [2.75, 3.05) is 18.5 Å². The second kappa shape index (κ2) is 5.79. The summed E-state index contributed by atoms with van der Waals surface area (Å²) in [6.45, 7) is 2.37. The van der Waals surface area contributed by atoms with Gasteiger partial charge in [-0.25, -0.2) is 4.79 Å². The number of carboxylic acids is 1. The fraction of sp³-hybridized carbons (Fsp3) is 0.385. The van der Waals surface area contributed by atoms with Gasteiger partial charge in [0.2, 0.25) is 0 Å². The van der Waals surface area contributed by atoms with Gasteiger partial charge in [0, 0.05) is 6.54 Å². The molecule has 0 aromatic heterocycles. The van der Waals surface area contributed by atoms with Crippen molar-refractivity contribution in [2.45, 2.75) is 19.1 Å². The molecule has 0 radical (unpaired) electrons. The first-order valence-electron chi connectivity index (χ1n) is 6.22. The molecule has 2 atom stereocenters. The van der Waals surface area contributed by atoms with Gasteiger partial charge in [-0.05, 0) is 19.1 Å². The average molecular weight is 280 g/mol. The number of amides is 1. The predicted molar refractivity (Wildman–Crippen MR) is 71.0 cm³/mol. The molecule has 1 amide bonds. The molecule has 7 heteroatoms. The van der Waals surface area contributed by atoms with Gasteiger partial charge in [-0.3, -0.25) is 4.79 Å². The number of anilines is 1. The van der Waals surface area contributed by atoms with Crippen LogP contribution in [0, 0.1) is 0 Å². The lowest BCUT2D eigenvalue weighted by molar-refractivity contribution is -0.141. The number of carboxylic acid groups (broad SMARTS) is 1. The number of aliphatic hydroxyl groups is 1. The van der Waals surface area contributed by atoms with Crippen LogP contribution in [0.15, 0.2) is 18.2 Å². The summed E-state index contributed by atoms with van der Waals surface area (Å²) in [5.41, 5.74) is 0.925. The number of para-hydroxylation sites is 1. The van der Waals surface area contributed by atoms with E-state index in [0.29, 0.717) is 24.6 Å². The van der Waals surface area contributed by atoms with E-state index in [1.54, 1.807) is 18.2 Å². The molecule has 1 aliphatic rings. The average Bonchev–Trinajstić information content (AvgIpc) is 2.43. The third-order valence-corrected chi connectivity index (χ3v) is 2.96. The predicted octanol–water partition coefficient (Wildman–Crippen LogP) is 0.0547. The number of rotatable bonds is 4. The third-order valence-electron chi connectivity index (χ3n) is 2.96. The van der Waals surface area contributed by atoms with Gasteiger partial charge in [0.25, 0.3) is 5.91 Å². The molecule has 20 heavy (non-hydrogen) atoms. The highest BCUT2D eigenvalue weighted by atomic mass is 16.5. The largest absolute Gasteiger partial charge is 0.489 e. The number of nitrogens with one attached hydrogen (secondary N) is 2. The van der Waals surface area contributed by atoms with Crippen molar-refractivity contribution < 1.29 is 24.5 Å². The van der Waals surface area contributed by atoms with Gasteiger partial charge in [-0.2, -0.15) is 0 Å². The van der Waals surface area contributed by atoms with Crippen LogP contribution in [-0.2, 0) is 4.79 Å². The van der Waals surface area contributed by atoms with Gasteiger partial charge in [0.1, 0.15) is 6.61 Å². The van der Waals surface area contributed by atoms with E-state index in [4.69, 9.17) is 9.84 Å². The summed E-state index contributed by atoms with van der Waals surface area (Å²) < 4.78 is 5.44. The molecule has 0 bridgehead atoms. The van der Waals surface area contributed by atoms with Gasteiger partial charge in [-0.15, -0.1) is 0 Å². The fourth-order valence-corrected chi connectivity index (χ4v) is 1.96. The van der Waals surface area contributed by atoms with Crippen molar-refractivity contribution >= 4 is 17.6 Å². The van der Waals surface area contributed by atoms with Gasteiger partial charge in [0.15, 0.2) is 11.8 Å². The molecule has 0 saturated carbocycles. The first-order chi connectivity index (χ1) is 9.50. The van der Waals surface area contributed by atoms with Crippen LogP contribution in [0.4, 0.5) is 5.69 Å². The second-order valence-electron chi connectivity index (χ2n) is 4.49. The lowest BCUT2D eigenvalue weighted by Gasteiger charge is -2.22. The smallest absolute Gasteiger partial charge is 0.328 e. The summed E-state index contributed by atoms with van der Waals surface area (Å²) in [5, 5.41) is 23.7. The number of aliphatic carboxylic acids is 1. The minimum Gasteiger partial charge on any atom is -0.489 e. The summed E-state index contributed by atoms with van der Waals surface area (Å²) in [6.07, 6.45) is -1.20. The molecular weight excluding hydrogens is 264 g/mol. The summed E-state index contributed by atoms with van der Waals surface area (Å²) in [5.74, 6) is -1.50. The zero-order chi connectivity index (χ0) is 14.7. The maximum absolute atomic E-state index is 12.1. The zero-order valence-corrected chi connectivity index (χ0v) is 10.9. The Kier molecular flexibility index (Phi) is 4.09. The van der Waals surface area contributed by atoms with Crippen molar-refractivity contribution in [2.24, 2.45) is 0 Å². The van der Waals surface area contributed by atoms with Gasteiger partial charge < -0.3 is 25.6 Å². The number of carbonyl (C=O) groups is 2. The van der Waals surface area contributed by atoms with Crippen molar-refractivity contribution in [1.82, 2.24) is 5.32 Å². The Morgan fingerprint density at radius 2 is 2.20 bits per heavy atom. The Morgan fingerprint density at radius 1 is 1.45 bits per heavy atom. The Hall–Kier alpha value is -2.28. The van der Waals surface area contributed by atoms with Gasteiger partial charge in [-0.1, -0.05) is 6.07 Å². The molecule has 1 aromatic carbocycles. The molecule has 4 N–H and O–H groups in total. The normalized spacial score (nSPS) is 16.1. The summed E-state index contributed by atoms with van der Waals surface area (Å²) in [7, 11) is 0. The maximum Gasteiger partial charge on any atom is 0.328 e. The van der Waals surface area contributed by atoms with Gasteiger partial charge in [0.05, 0.1) is 17.4 Å². The van der Waals surface area contributed by atoms with Gasteiger partial charge >= 0.3 is 5.97 Å². The molecule has 2 unspecified atom stereocenters. The van der Waals surface area contributed by atoms with Crippen LogP contribution in [0.3, 0.4) is 0 Å². The topological polar surface area (TPSA) is 108 Å². The van der Waals surface area contributed by atoms with Crippen LogP contribution >= 0.6 is 0 Å². The highest BCUT2D eigenvalue weighted by molar-refractivity contribution is 6.00. The number of fused-ring (bicyclic) bond motifs is 1. The number of carbonyl (C=O) groups excluding carboxylic acids is 1. The quantitative estimate of drug-likeness (QED) is 0.621. The number of hydrogen-bond donors (Lipinski definition) is 4. The fourth-order valence-electron chi connectivity index (χ4n) is 1.96. The minimum absolute atomic E-state index is 0.238. The van der Waals surface area contributed by atoms with Crippen LogP contribution < -0.4 is 15.4 Å². The monoisotopic (exact) mass is 280 g/mol. The molecule has 1 heterocycles. The van der Waals surface area contributed by atoms with Crippen molar-refractivity contribution in [3.05, 3.63) is 23.8 Å². The molecule has 1 aliphatic heterocycles. The van der Waals surface area contributed by atoms with Crippen molar-refractivity contribution in [3.63, 3.8) is 0 Å². The third kappa shape index (κ3) is 2.83. The molecule has 0 aliphatic carbocycles. The molecule has 1 aromatic rings. The molecule has 0 saturated heterocycles. The Labute approximate surface area is 115 Å². The second-order valence-corrected chi connectivity index (χ2v) is 4.49. The van der Waals surface area contributed by atoms with E-state index in [-0.39, 0.29) is 5.56 Å². The molecule has 2 rings (SSSR count). The molecule has 108 valence electrons. The summed E-state index contributed by atoms with van der Waals surface area (Å²) in [6, 6.07) is 3.62. The van der Waals surface area contributed by atoms with Crippen LogP contribution in [0.25, 0.3) is 0 Å². The standard InChI is InChI=1S/C13H16N2O5/c1-7(16)10(13(18)19)15-12(17)8-3-2-4-9-11(8)20-6-5-14-9/h2-4,7,10,14,16H,5-6H2,1H3,(H,15,17)(H,18,19). The van der Waals surface area contributed by atoms with E-state index in [2.05, 4.69) is 10.6 Å². The first-order valence-corrected chi connectivity index (χ1v) is 6.22. The molecular formula is C13H16N2O5. The highest BCUT2D eigenvalue weighted by Crippen LogP contribution is 2.31. The van der Waals surface area contributed by atoms with Crippen molar-refractivity contribution in [3.8, 4) is 5.75 Å². The maximum atomic E-state index is 12.1. The minimum atomic E-state index is -1.37. The van der Waals surface area contributed by atoms with E-state index in [0.717, 1.165) is 0 Å². The zero-order valence-electron chi connectivity index (χ0n) is 10.9. The summed E-state index contributed by atoms with van der Waals surface area (Å²) in [4.78, 5) is 23.1. The Balaban J connectivity index is 2.23. The first kappa shape index (κ1) is 14.1. The van der Waals surface area contributed by atoms with Crippen molar-refractivity contribution in [1.29, 1.82) is 0 Å². The number of ether oxygens (including phenoxy) is 1. The van der Waals surface area contributed by atoms with E-state index in [1.807, 2.05) is 0 Å². The molecule has 7 nitrogen and oxygen atoms in total. The van der Waals surface area contributed by atoms with E-state index >= 15 is 0 Å². The highest BCUT2D eigenvalue weighted by Gasteiger charge is 2.27. The molecule has 0 spiro atoms. The van der Waals surface area contributed by atoms with Crippen LogP contribution in [0.5, 0.6) is 5.75 Å². The summed E-state index contributed by atoms with van der Waals surface area (Å²) >= 11 is 0. The number of hydrogen-bond acceptors (Lipinski definition) is 5. The van der Waals surface area contributed by atoms with Crippen LogP contribution in [-0.4, -0.2) is 47.4 Å². The number of aliphatic hydroxyl groups excluding tert-OH is 1. The van der Waals surface area contributed by atoms with E-state index < -0.39 is 24.0 Å². The van der Waals surface area contributed by atoms with E-state index in [9.17, 15) is 14.7 Å². The Bertz CT molecular complexity index is 529. The Morgan fingerprint density at radius 3 is 2.85 bits per heavy atom. The molecule has 0 fully saturated rings. The number of benzene rings is 1. The lowest BCUT2D eigenvalue weighted by atomic mass is 10.1. The van der Waals surface area contributed by atoms with Crippen LogP contribution in [0.2, 0.25) is 0 Å².